The fourth-order valence-corrected chi connectivity index (χ4v) is 2.97. The molecular formula is C21H26FN3O4. The predicted molar refractivity (Wildman–Crippen MR) is 106 cm³/mol. The Kier molecular flexibility index (Phi) is 6.79. The number of likely N-dealkylation sites (N-methyl/N-ethyl adjacent to an activating group) is 1. The van der Waals surface area contributed by atoms with Crippen LogP contribution in [-0.2, 0) is 14.4 Å². The molecule has 1 aromatic heterocycles. The van der Waals surface area contributed by atoms with Gasteiger partial charge < -0.3 is 20.3 Å². The third-order valence-electron chi connectivity index (χ3n) is 4.61. The van der Waals surface area contributed by atoms with E-state index in [9.17, 15) is 23.9 Å². The Morgan fingerprint density at radius 1 is 1.14 bits per heavy atom. The number of hydrogen-bond donors (Lipinski definition) is 3. The van der Waals surface area contributed by atoms with E-state index in [1.54, 1.807) is 35.2 Å². The lowest BCUT2D eigenvalue weighted by atomic mass is 9.85. The van der Waals surface area contributed by atoms with Crippen molar-refractivity contribution in [1.82, 2.24) is 15.2 Å². The van der Waals surface area contributed by atoms with Crippen molar-refractivity contribution in [3.8, 4) is 5.69 Å². The Bertz CT molecular complexity index is 884. The van der Waals surface area contributed by atoms with Crippen LogP contribution in [0.5, 0.6) is 0 Å². The van der Waals surface area contributed by atoms with E-state index in [1.165, 1.54) is 19.2 Å². The van der Waals surface area contributed by atoms with E-state index in [0.29, 0.717) is 11.3 Å². The van der Waals surface area contributed by atoms with Crippen molar-refractivity contribution in [2.24, 2.45) is 5.41 Å². The van der Waals surface area contributed by atoms with E-state index in [4.69, 9.17) is 0 Å². The number of carbonyl (C=O) groups excluding carboxylic acids is 2. The summed E-state index contributed by atoms with van der Waals surface area (Å²) in [4.78, 5) is 36.4. The van der Waals surface area contributed by atoms with Crippen molar-refractivity contribution in [3.63, 3.8) is 0 Å². The van der Waals surface area contributed by atoms with Crippen LogP contribution in [0.25, 0.3) is 5.69 Å². The maximum Gasteiger partial charge on any atom is 0.311 e. The minimum Gasteiger partial charge on any atom is -0.481 e. The molecule has 0 aliphatic carbocycles. The molecule has 0 saturated carbocycles. The third kappa shape index (κ3) is 5.66. The van der Waals surface area contributed by atoms with Gasteiger partial charge in [0.25, 0.3) is 0 Å². The number of aromatic nitrogens is 1. The summed E-state index contributed by atoms with van der Waals surface area (Å²) in [5, 5.41) is 14.8. The molecule has 1 aromatic carbocycles. The van der Waals surface area contributed by atoms with E-state index < -0.39 is 29.3 Å². The number of aliphatic carboxylic acids is 1. The SMILES string of the molecule is CNC(=O)[C@@H](NC(=O)C[C@H](C(=O)O)c1ccn(-c2ccc(F)cc2)c1)C(C)(C)C. The van der Waals surface area contributed by atoms with Crippen molar-refractivity contribution >= 4 is 17.8 Å². The lowest BCUT2D eigenvalue weighted by Gasteiger charge is -2.30. The minimum absolute atomic E-state index is 0.313. The van der Waals surface area contributed by atoms with E-state index in [2.05, 4.69) is 10.6 Å². The summed E-state index contributed by atoms with van der Waals surface area (Å²) >= 11 is 0. The molecule has 0 fully saturated rings. The first-order valence-electron chi connectivity index (χ1n) is 9.20. The Balaban J connectivity index is 2.18. The van der Waals surface area contributed by atoms with Gasteiger partial charge in [-0.15, -0.1) is 0 Å². The number of carbonyl (C=O) groups is 3. The molecule has 7 nitrogen and oxygen atoms in total. The number of amides is 2. The quantitative estimate of drug-likeness (QED) is 0.661. The number of carboxylic acid groups (broad SMARTS) is 1. The van der Waals surface area contributed by atoms with Gasteiger partial charge in [-0.25, -0.2) is 4.39 Å². The van der Waals surface area contributed by atoms with Crippen LogP contribution in [0.1, 0.15) is 38.7 Å². The van der Waals surface area contributed by atoms with Crippen LogP contribution in [0.3, 0.4) is 0 Å². The molecule has 0 radical (unpaired) electrons. The monoisotopic (exact) mass is 403 g/mol. The topological polar surface area (TPSA) is 100 Å². The third-order valence-corrected chi connectivity index (χ3v) is 4.61. The van der Waals surface area contributed by atoms with Crippen molar-refractivity contribution in [2.45, 2.75) is 39.2 Å². The van der Waals surface area contributed by atoms with E-state index in [0.717, 1.165) is 0 Å². The average Bonchev–Trinajstić information content (AvgIpc) is 3.12. The van der Waals surface area contributed by atoms with Gasteiger partial charge >= 0.3 is 5.97 Å². The first-order valence-corrected chi connectivity index (χ1v) is 9.20. The summed E-state index contributed by atoms with van der Waals surface area (Å²) in [6.45, 7) is 5.43. The Morgan fingerprint density at radius 2 is 1.76 bits per heavy atom. The second kappa shape index (κ2) is 8.89. The number of benzene rings is 1. The normalized spacial score (nSPS) is 13.4. The summed E-state index contributed by atoms with van der Waals surface area (Å²) in [6, 6.07) is 6.57. The molecule has 156 valence electrons. The largest absolute Gasteiger partial charge is 0.481 e. The first kappa shape index (κ1) is 22.1. The molecule has 3 N–H and O–H groups in total. The highest BCUT2D eigenvalue weighted by atomic mass is 19.1. The van der Waals surface area contributed by atoms with Gasteiger partial charge in [0, 0.05) is 31.5 Å². The molecule has 2 atom stereocenters. The highest BCUT2D eigenvalue weighted by Gasteiger charge is 2.33. The van der Waals surface area contributed by atoms with E-state index >= 15 is 0 Å². The molecule has 0 spiro atoms. The summed E-state index contributed by atoms with van der Waals surface area (Å²) in [5.41, 5.74) is 0.559. The summed E-state index contributed by atoms with van der Waals surface area (Å²) in [6.07, 6.45) is 2.94. The molecule has 29 heavy (non-hydrogen) atoms. The molecule has 2 rings (SSSR count). The molecule has 0 unspecified atom stereocenters. The smallest absolute Gasteiger partial charge is 0.311 e. The first-order chi connectivity index (χ1) is 13.5. The Hall–Kier alpha value is -3.16. The van der Waals surface area contributed by atoms with Gasteiger partial charge in [0.05, 0.1) is 5.92 Å². The second-order valence-corrected chi connectivity index (χ2v) is 7.90. The van der Waals surface area contributed by atoms with Gasteiger partial charge in [-0.1, -0.05) is 20.8 Å². The lowest BCUT2D eigenvalue weighted by Crippen LogP contribution is -2.53. The molecule has 0 saturated heterocycles. The number of hydrogen-bond acceptors (Lipinski definition) is 3. The maximum atomic E-state index is 13.1. The standard InChI is InChI=1S/C21H26FN3O4/c1-21(2,3)18(19(27)23-4)24-17(26)11-16(20(28)29)13-9-10-25(12-13)15-7-5-14(22)6-8-15/h5-10,12,16,18H,11H2,1-4H3,(H,23,27)(H,24,26)(H,28,29)/t16-,18+/m0/s1. The molecule has 2 aromatic rings. The van der Waals surface area contributed by atoms with Gasteiger partial charge in [0.1, 0.15) is 11.9 Å². The van der Waals surface area contributed by atoms with Crippen molar-refractivity contribution in [2.75, 3.05) is 7.05 Å². The van der Waals surface area contributed by atoms with Crippen LogP contribution in [0.15, 0.2) is 42.7 Å². The van der Waals surface area contributed by atoms with E-state index in [1.807, 2.05) is 20.8 Å². The molecule has 0 bridgehead atoms. The summed E-state index contributed by atoms with van der Waals surface area (Å²) in [5.74, 6) is -3.48. The van der Waals surface area contributed by atoms with Crippen molar-refractivity contribution in [1.29, 1.82) is 0 Å². The highest BCUT2D eigenvalue weighted by molar-refractivity contribution is 5.90. The zero-order valence-corrected chi connectivity index (χ0v) is 16.9. The average molecular weight is 403 g/mol. The molecule has 2 amide bonds. The van der Waals surface area contributed by atoms with Crippen LogP contribution < -0.4 is 10.6 Å². The van der Waals surface area contributed by atoms with Crippen LogP contribution in [0.4, 0.5) is 4.39 Å². The van der Waals surface area contributed by atoms with Crippen LogP contribution in [0, 0.1) is 11.2 Å². The van der Waals surface area contributed by atoms with Gasteiger partial charge in [0.2, 0.25) is 11.8 Å². The number of rotatable bonds is 7. The van der Waals surface area contributed by atoms with Crippen LogP contribution in [-0.4, -0.2) is 40.5 Å². The predicted octanol–water partition coefficient (Wildman–Crippen LogP) is 2.45. The van der Waals surface area contributed by atoms with Gasteiger partial charge in [-0.3, -0.25) is 14.4 Å². The number of nitrogens with one attached hydrogen (secondary N) is 2. The molecule has 8 heteroatoms. The maximum absolute atomic E-state index is 13.1. The zero-order valence-electron chi connectivity index (χ0n) is 16.9. The molecule has 0 aliphatic rings. The zero-order chi connectivity index (χ0) is 21.8. The summed E-state index contributed by atoms with van der Waals surface area (Å²) < 4.78 is 14.8. The highest BCUT2D eigenvalue weighted by Crippen LogP contribution is 2.24. The fourth-order valence-electron chi connectivity index (χ4n) is 2.97. The molecule has 0 aliphatic heterocycles. The Morgan fingerprint density at radius 3 is 2.28 bits per heavy atom. The lowest BCUT2D eigenvalue weighted by molar-refractivity contribution is -0.141. The molecular weight excluding hydrogens is 377 g/mol. The minimum atomic E-state index is -1.15. The van der Waals surface area contributed by atoms with Gasteiger partial charge in [0.15, 0.2) is 0 Å². The number of halogens is 1. The van der Waals surface area contributed by atoms with Crippen molar-refractivity contribution < 1.29 is 23.9 Å². The number of carboxylic acids is 1. The van der Waals surface area contributed by atoms with Gasteiger partial charge in [-0.05, 0) is 41.3 Å². The van der Waals surface area contributed by atoms with Gasteiger partial charge in [-0.2, -0.15) is 0 Å². The second-order valence-electron chi connectivity index (χ2n) is 7.90. The van der Waals surface area contributed by atoms with E-state index in [-0.39, 0.29) is 18.1 Å². The number of nitrogens with zero attached hydrogens (tertiary/aromatic N) is 1. The Labute approximate surface area is 168 Å². The van der Waals surface area contributed by atoms with Crippen LogP contribution >= 0.6 is 0 Å². The van der Waals surface area contributed by atoms with Crippen molar-refractivity contribution in [3.05, 3.63) is 54.1 Å². The fraction of sp³-hybridized carbons (Fsp3) is 0.381. The summed E-state index contributed by atoms with van der Waals surface area (Å²) in [7, 11) is 1.48. The molecule has 1 heterocycles. The van der Waals surface area contributed by atoms with Crippen LogP contribution in [0.2, 0.25) is 0 Å².